The molecule has 0 aliphatic carbocycles. The Morgan fingerprint density at radius 1 is 1.20 bits per heavy atom. The lowest BCUT2D eigenvalue weighted by Gasteiger charge is -2.23. The standard InChI is InChI=1S/C18H18F4N6OS/c19-18(20,21)10-25-17-23-4-1-13(27-17)15-7-11-9-24-16(8-14(11)28(15)30-22)26-12-2-5-29-6-3-12/h1,4,7-9,12H,2-3,5-6,10H2,(H,24,26)(H,23,25,27). The minimum atomic E-state index is -4.40. The van der Waals surface area contributed by atoms with E-state index in [1.54, 1.807) is 18.3 Å². The van der Waals surface area contributed by atoms with Gasteiger partial charge < -0.3 is 15.4 Å². The van der Waals surface area contributed by atoms with E-state index in [9.17, 15) is 17.1 Å². The lowest BCUT2D eigenvalue weighted by molar-refractivity contribution is -0.115. The smallest absolute Gasteiger partial charge is 0.381 e. The van der Waals surface area contributed by atoms with Crippen LogP contribution < -0.4 is 10.6 Å². The highest BCUT2D eigenvalue weighted by molar-refractivity contribution is 7.93. The van der Waals surface area contributed by atoms with E-state index in [2.05, 4.69) is 25.6 Å². The first kappa shape index (κ1) is 20.7. The molecule has 0 saturated carbocycles. The van der Waals surface area contributed by atoms with Gasteiger partial charge in [0.1, 0.15) is 12.4 Å². The van der Waals surface area contributed by atoms with Crippen molar-refractivity contribution < 1.29 is 21.8 Å². The predicted molar refractivity (Wildman–Crippen MR) is 107 cm³/mol. The number of alkyl halides is 3. The molecule has 2 N–H and O–H groups in total. The maximum absolute atomic E-state index is 13.8. The summed E-state index contributed by atoms with van der Waals surface area (Å²) in [5.41, 5.74) is 1.25. The molecule has 12 heteroatoms. The van der Waals surface area contributed by atoms with Gasteiger partial charge in [0, 0.05) is 43.1 Å². The normalized spacial score (nSPS) is 15.5. The minimum absolute atomic E-state index is 0.0150. The van der Waals surface area contributed by atoms with E-state index in [-0.39, 0.29) is 30.0 Å². The van der Waals surface area contributed by atoms with Crippen molar-refractivity contribution in [2.45, 2.75) is 25.1 Å². The monoisotopic (exact) mass is 442 g/mol. The first-order valence-electron chi connectivity index (χ1n) is 9.22. The van der Waals surface area contributed by atoms with E-state index < -0.39 is 12.7 Å². The summed E-state index contributed by atoms with van der Waals surface area (Å²) in [5, 5.41) is 6.14. The number of aromatic nitrogens is 4. The number of nitrogens with one attached hydrogen (secondary N) is 2. The van der Waals surface area contributed by atoms with Gasteiger partial charge in [0.05, 0.1) is 16.9 Å². The third kappa shape index (κ3) is 4.75. The van der Waals surface area contributed by atoms with Crippen LogP contribution in [-0.2, 0) is 4.74 Å². The molecule has 1 saturated heterocycles. The summed E-state index contributed by atoms with van der Waals surface area (Å²) in [6.45, 7) is 0.0980. The Balaban J connectivity index is 1.63. The van der Waals surface area contributed by atoms with Crippen molar-refractivity contribution in [2.24, 2.45) is 0 Å². The zero-order chi connectivity index (χ0) is 21.1. The number of nitrogens with zero attached hydrogens (tertiary/aromatic N) is 4. The number of fused-ring (bicyclic) bond motifs is 1. The molecular formula is C18H18F4N6OS. The molecule has 0 spiro atoms. The van der Waals surface area contributed by atoms with Crippen molar-refractivity contribution >= 4 is 35.0 Å². The second-order valence-corrected chi connectivity index (χ2v) is 7.29. The van der Waals surface area contributed by atoms with Crippen LogP contribution in [0.5, 0.6) is 0 Å². The van der Waals surface area contributed by atoms with Gasteiger partial charge in [-0.05, 0) is 25.0 Å². The van der Waals surface area contributed by atoms with Gasteiger partial charge in [-0.3, -0.25) is 3.97 Å². The predicted octanol–water partition coefficient (Wildman–Crippen LogP) is 4.44. The Bertz CT molecular complexity index is 1020. The molecule has 0 atom stereocenters. The van der Waals surface area contributed by atoms with Crippen LogP contribution in [0.2, 0.25) is 0 Å². The molecule has 4 heterocycles. The second kappa shape index (κ2) is 8.64. The van der Waals surface area contributed by atoms with Gasteiger partial charge in [-0.1, -0.05) is 0 Å². The molecule has 0 aromatic carbocycles. The second-order valence-electron chi connectivity index (χ2n) is 6.79. The summed E-state index contributed by atoms with van der Waals surface area (Å²) in [6, 6.07) is 5.16. The van der Waals surface area contributed by atoms with Crippen LogP contribution >= 0.6 is 12.3 Å². The SMILES string of the molecule is FSn1c(-c2ccnc(NCC(F)(F)F)n2)cc2cnc(NC3CCOCC3)cc21. The van der Waals surface area contributed by atoms with Crippen LogP contribution in [0.25, 0.3) is 22.3 Å². The summed E-state index contributed by atoms with van der Waals surface area (Å²) in [4.78, 5) is 12.3. The summed E-state index contributed by atoms with van der Waals surface area (Å²) in [6.07, 6.45) is 0.263. The molecule has 0 bridgehead atoms. The van der Waals surface area contributed by atoms with E-state index >= 15 is 0 Å². The van der Waals surface area contributed by atoms with Crippen LogP contribution in [0.4, 0.5) is 28.8 Å². The third-order valence-electron chi connectivity index (χ3n) is 4.65. The molecular weight excluding hydrogens is 424 g/mol. The Morgan fingerprint density at radius 3 is 2.73 bits per heavy atom. The van der Waals surface area contributed by atoms with Crippen LogP contribution in [0.15, 0.2) is 30.6 Å². The maximum atomic E-state index is 13.8. The molecule has 1 fully saturated rings. The molecule has 0 unspecified atom stereocenters. The molecule has 1 aliphatic heterocycles. The van der Waals surface area contributed by atoms with Crippen molar-refractivity contribution in [3.8, 4) is 11.4 Å². The van der Waals surface area contributed by atoms with Gasteiger partial charge in [0.25, 0.3) is 0 Å². The molecule has 7 nitrogen and oxygen atoms in total. The molecule has 3 aromatic heterocycles. The van der Waals surface area contributed by atoms with E-state index in [0.717, 1.165) is 12.8 Å². The number of halogens is 4. The van der Waals surface area contributed by atoms with Crippen molar-refractivity contribution in [3.63, 3.8) is 0 Å². The summed E-state index contributed by atoms with van der Waals surface area (Å²) >= 11 is -0.0150. The highest BCUT2D eigenvalue weighted by atomic mass is 32.2. The lowest BCUT2D eigenvalue weighted by Crippen LogP contribution is -2.28. The van der Waals surface area contributed by atoms with Crippen LogP contribution in [-0.4, -0.2) is 50.9 Å². The number of rotatable bonds is 6. The van der Waals surface area contributed by atoms with Gasteiger partial charge in [0.15, 0.2) is 12.3 Å². The first-order valence-corrected chi connectivity index (χ1v) is 9.89. The Labute approximate surface area is 173 Å². The topological polar surface area (TPSA) is 76.9 Å². The van der Waals surface area contributed by atoms with Crippen molar-refractivity contribution in [1.82, 2.24) is 18.9 Å². The van der Waals surface area contributed by atoms with Crippen LogP contribution in [0, 0.1) is 0 Å². The van der Waals surface area contributed by atoms with Crippen LogP contribution in [0.1, 0.15) is 12.8 Å². The van der Waals surface area contributed by atoms with Gasteiger partial charge >= 0.3 is 6.18 Å². The summed E-state index contributed by atoms with van der Waals surface area (Å²) in [5.74, 6) is 0.426. The fraction of sp³-hybridized carbons (Fsp3) is 0.389. The Hall–Kier alpha value is -2.60. The fourth-order valence-corrected chi connectivity index (χ4v) is 3.68. The number of ether oxygens (including phenoxy) is 1. The van der Waals surface area contributed by atoms with Gasteiger partial charge in [-0.15, -0.1) is 3.89 Å². The summed E-state index contributed by atoms with van der Waals surface area (Å²) < 4.78 is 57.8. The largest absolute Gasteiger partial charge is 0.405 e. The fourth-order valence-electron chi connectivity index (χ4n) is 3.23. The molecule has 30 heavy (non-hydrogen) atoms. The van der Waals surface area contributed by atoms with E-state index in [4.69, 9.17) is 4.74 Å². The number of hydrogen-bond acceptors (Lipinski definition) is 7. The van der Waals surface area contributed by atoms with Gasteiger partial charge in [-0.2, -0.15) is 13.2 Å². The minimum Gasteiger partial charge on any atom is -0.381 e. The highest BCUT2D eigenvalue weighted by Gasteiger charge is 2.27. The molecule has 3 aromatic rings. The lowest BCUT2D eigenvalue weighted by atomic mass is 10.1. The average Bonchev–Trinajstić information content (AvgIpc) is 3.11. The molecule has 160 valence electrons. The molecule has 4 rings (SSSR count). The van der Waals surface area contributed by atoms with Crippen molar-refractivity contribution in [3.05, 3.63) is 30.6 Å². The van der Waals surface area contributed by atoms with Gasteiger partial charge in [0.2, 0.25) is 5.95 Å². The average molecular weight is 442 g/mol. The van der Waals surface area contributed by atoms with E-state index in [1.165, 1.54) is 16.2 Å². The van der Waals surface area contributed by atoms with E-state index in [1.807, 2.05) is 0 Å². The molecule has 0 amide bonds. The van der Waals surface area contributed by atoms with Crippen molar-refractivity contribution in [1.29, 1.82) is 0 Å². The summed E-state index contributed by atoms with van der Waals surface area (Å²) in [7, 11) is 0. The molecule has 1 aliphatic rings. The number of pyridine rings is 1. The molecule has 0 radical (unpaired) electrons. The Morgan fingerprint density at radius 2 is 2.00 bits per heavy atom. The number of hydrogen-bond donors (Lipinski definition) is 2. The number of anilines is 2. The maximum Gasteiger partial charge on any atom is 0.405 e. The van der Waals surface area contributed by atoms with Gasteiger partial charge in [-0.25, -0.2) is 15.0 Å². The third-order valence-corrected chi connectivity index (χ3v) is 5.18. The van der Waals surface area contributed by atoms with Crippen LogP contribution in [0.3, 0.4) is 0 Å². The highest BCUT2D eigenvalue weighted by Crippen LogP contribution is 2.33. The zero-order valence-corrected chi connectivity index (χ0v) is 16.4. The zero-order valence-electron chi connectivity index (χ0n) is 15.6. The quantitative estimate of drug-likeness (QED) is 0.547. The van der Waals surface area contributed by atoms with E-state index in [0.29, 0.717) is 35.6 Å². The first-order chi connectivity index (χ1) is 14.4. The van der Waals surface area contributed by atoms with Crippen molar-refractivity contribution in [2.75, 3.05) is 30.4 Å². The Kier molecular flexibility index (Phi) is 5.95.